The summed E-state index contributed by atoms with van der Waals surface area (Å²) < 4.78 is 28.4. The Morgan fingerprint density at radius 1 is 1.03 bits per heavy atom. The first-order chi connectivity index (χ1) is 15.7. The maximum absolute atomic E-state index is 13.7. The van der Waals surface area contributed by atoms with Crippen molar-refractivity contribution in [1.82, 2.24) is 10.6 Å². The van der Waals surface area contributed by atoms with Gasteiger partial charge < -0.3 is 10.6 Å². The highest BCUT2D eigenvalue weighted by Gasteiger charge is 2.39. The molecule has 2 N–H and O–H groups in total. The first kappa shape index (κ1) is 23.9. The average Bonchev–Trinajstić information content (AvgIpc) is 2.99. The Morgan fingerprint density at radius 3 is 2.39 bits per heavy atom. The molecule has 33 heavy (non-hydrogen) atoms. The van der Waals surface area contributed by atoms with E-state index < -0.39 is 23.2 Å². The Morgan fingerprint density at radius 2 is 1.70 bits per heavy atom. The van der Waals surface area contributed by atoms with E-state index in [0.29, 0.717) is 12.1 Å². The van der Waals surface area contributed by atoms with E-state index >= 15 is 0 Å². The fraction of sp³-hybridized carbons (Fsp3) is 0.269. The molecule has 0 aliphatic heterocycles. The zero-order valence-electron chi connectivity index (χ0n) is 18.3. The Kier molecular flexibility index (Phi) is 6.93. The Bertz CT molecular complexity index is 1180. The van der Waals surface area contributed by atoms with Gasteiger partial charge in [0, 0.05) is 35.3 Å². The number of thiol groups is 1. The van der Waals surface area contributed by atoms with E-state index in [2.05, 4.69) is 57.8 Å². The molecule has 3 nitrogen and oxygen atoms in total. The molecule has 0 bridgehead atoms. The van der Waals surface area contributed by atoms with Crippen LogP contribution in [0.3, 0.4) is 0 Å². The van der Waals surface area contributed by atoms with E-state index in [0.717, 1.165) is 16.1 Å². The number of halogens is 3. The van der Waals surface area contributed by atoms with Gasteiger partial charge in [0.05, 0.1) is 5.54 Å². The molecule has 3 atom stereocenters. The molecule has 0 radical (unpaired) electrons. The maximum Gasteiger partial charge on any atom is 0.217 e. The molecule has 1 unspecified atom stereocenters. The van der Waals surface area contributed by atoms with Crippen molar-refractivity contribution in [1.29, 1.82) is 0 Å². The predicted molar refractivity (Wildman–Crippen MR) is 134 cm³/mol. The van der Waals surface area contributed by atoms with Crippen molar-refractivity contribution >= 4 is 34.5 Å². The number of nitrogens with one attached hydrogen (secondary N) is 2. The second-order valence-corrected chi connectivity index (χ2v) is 10.2. The number of carbonyl (C=O) groups excluding carboxylic acids is 1. The Hall–Kier alpha value is -2.22. The summed E-state index contributed by atoms with van der Waals surface area (Å²) in [7, 11) is 0. The van der Waals surface area contributed by atoms with Gasteiger partial charge in [-0.2, -0.15) is 12.6 Å². The molecule has 3 aromatic rings. The van der Waals surface area contributed by atoms with Gasteiger partial charge in [0.1, 0.15) is 11.6 Å². The van der Waals surface area contributed by atoms with E-state index in [-0.39, 0.29) is 17.6 Å². The van der Waals surface area contributed by atoms with Crippen molar-refractivity contribution in [2.45, 2.75) is 37.1 Å². The third-order valence-corrected chi connectivity index (χ3v) is 7.21. The molecule has 172 valence electrons. The number of fused-ring (bicyclic) bond motifs is 3. The Labute approximate surface area is 206 Å². The summed E-state index contributed by atoms with van der Waals surface area (Å²) in [6.07, 6.45) is 0.263. The van der Waals surface area contributed by atoms with Gasteiger partial charge in [-0.1, -0.05) is 46.3 Å². The molecule has 0 aromatic heterocycles. The number of hydrogen-bond donors (Lipinski definition) is 3. The molecule has 1 aliphatic carbocycles. The summed E-state index contributed by atoms with van der Waals surface area (Å²) >= 11 is 8.37. The minimum atomic E-state index is -0.641. The predicted octanol–water partition coefficient (Wildman–Crippen LogP) is 5.61. The molecule has 7 heteroatoms. The van der Waals surface area contributed by atoms with E-state index in [4.69, 9.17) is 12.6 Å². The minimum Gasteiger partial charge on any atom is -0.352 e. The first-order valence-electron chi connectivity index (χ1n) is 10.7. The molecule has 0 fully saturated rings. The monoisotopic (exact) mass is 530 g/mol. The van der Waals surface area contributed by atoms with Crippen molar-refractivity contribution in [3.05, 3.63) is 93.5 Å². The lowest BCUT2D eigenvalue weighted by Gasteiger charge is -2.32. The highest BCUT2D eigenvalue weighted by atomic mass is 79.9. The summed E-state index contributed by atoms with van der Waals surface area (Å²) in [5, 5.41) is 6.25. The van der Waals surface area contributed by atoms with Crippen molar-refractivity contribution in [3.8, 4) is 11.1 Å². The van der Waals surface area contributed by atoms with Crippen molar-refractivity contribution < 1.29 is 13.6 Å². The SMILES string of the molecule is CC(=O)N[C@@H](Cc1cc(F)cc(F)c1)[C@@H](S)CNC1(C)c2ccccc2-c2ccc(Br)cc21. The molecular weight excluding hydrogens is 506 g/mol. The summed E-state index contributed by atoms with van der Waals surface area (Å²) in [5.41, 5.74) is 4.69. The molecule has 0 spiro atoms. The quantitative estimate of drug-likeness (QED) is 0.347. The summed E-state index contributed by atoms with van der Waals surface area (Å²) in [6, 6.07) is 17.6. The van der Waals surface area contributed by atoms with Gasteiger partial charge in [-0.05, 0) is 65.4 Å². The van der Waals surface area contributed by atoms with Crippen LogP contribution >= 0.6 is 28.6 Å². The van der Waals surface area contributed by atoms with Crippen LogP contribution in [-0.4, -0.2) is 23.7 Å². The van der Waals surface area contributed by atoms with Gasteiger partial charge in [-0.25, -0.2) is 8.78 Å². The third kappa shape index (κ3) is 5.00. The van der Waals surface area contributed by atoms with E-state index in [1.54, 1.807) is 0 Å². The van der Waals surface area contributed by atoms with Crippen LogP contribution in [0.2, 0.25) is 0 Å². The minimum absolute atomic E-state index is 0.220. The first-order valence-corrected chi connectivity index (χ1v) is 12.0. The summed E-state index contributed by atoms with van der Waals surface area (Å²) in [5.74, 6) is -1.50. The molecule has 0 heterocycles. The number of rotatable bonds is 7. The van der Waals surface area contributed by atoms with E-state index in [1.165, 1.54) is 35.7 Å². The fourth-order valence-electron chi connectivity index (χ4n) is 4.63. The van der Waals surface area contributed by atoms with Gasteiger partial charge in [0.15, 0.2) is 0 Å². The second kappa shape index (κ2) is 9.57. The van der Waals surface area contributed by atoms with E-state index in [9.17, 15) is 13.6 Å². The second-order valence-electron chi connectivity index (χ2n) is 8.60. The van der Waals surface area contributed by atoms with Gasteiger partial charge in [-0.15, -0.1) is 0 Å². The van der Waals surface area contributed by atoms with Crippen molar-refractivity contribution in [2.24, 2.45) is 0 Å². The van der Waals surface area contributed by atoms with Crippen LogP contribution in [-0.2, 0) is 16.8 Å². The molecule has 4 rings (SSSR count). The molecule has 0 saturated heterocycles. The normalized spacial score (nSPS) is 18.4. The van der Waals surface area contributed by atoms with Crippen LogP contribution in [0, 0.1) is 11.6 Å². The van der Waals surface area contributed by atoms with Crippen LogP contribution in [0.4, 0.5) is 8.78 Å². The number of carbonyl (C=O) groups is 1. The maximum atomic E-state index is 13.7. The van der Waals surface area contributed by atoms with E-state index in [1.807, 2.05) is 18.2 Å². The average molecular weight is 531 g/mol. The summed E-state index contributed by atoms with van der Waals surface area (Å²) in [6.45, 7) is 4.03. The highest BCUT2D eigenvalue weighted by Crippen LogP contribution is 2.48. The van der Waals surface area contributed by atoms with Crippen LogP contribution < -0.4 is 10.6 Å². The lowest BCUT2D eigenvalue weighted by molar-refractivity contribution is -0.119. The Balaban J connectivity index is 1.58. The lowest BCUT2D eigenvalue weighted by atomic mass is 9.89. The smallest absolute Gasteiger partial charge is 0.217 e. The molecule has 1 aliphatic rings. The van der Waals surface area contributed by atoms with Crippen LogP contribution in [0.25, 0.3) is 11.1 Å². The molecule has 1 amide bonds. The number of benzene rings is 3. The summed E-state index contributed by atoms with van der Waals surface area (Å²) in [4.78, 5) is 11.9. The topological polar surface area (TPSA) is 41.1 Å². The van der Waals surface area contributed by atoms with Gasteiger partial charge in [0.25, 0.3) is 0 Å². The van der Waals surface area contributed by atoms with Crippen LogP contribution in [0.5, 0.6) is 0 Å². The molecule has 3 aromatic carbocycles. The van der Waals surface area contributed by atoms with Gasteiger partial charge >= 0.3 is 0 Å². The third-order valence-electron chi connectivity index (χ3n) is 6.17. The molecular formula is C26H25BrF2N2OS. The number of hydrogen-bond acceptors (Lipinski definition) is 3. The van der Waals surface area contributed by atoms with Crippen molar-refractivity contribution in [2.75, 3.05) is 6.54 Å². The standard InChI is InChI=1S/C26H25BrF2N2OS/c1-15(32)31-24(11-16-9-18(28)13-19(29)10-16)25(33)14-30-26(2)22-6-4-3-5-20(22)21-8-7-17(27)12-23(21)26/h3-10,12-13,24-25,30,33H,11,14H2,1-2H3,(H,31,32)/t24-,25-,26?/m0/s1. The zero-order valence-corrected chi connectivity index (χ0v) is 20.8. The largest absolute Gasteiger partial charge is 0.352 e. The van der Waals surface area contributed by atoms with Crippen molar-refractivity contribution in [3.63, 3.8) is 0 Å². The van der Waals surface area contributed by atoms with Gasteiger partial charge in [0.2, 0.25) is 5.91 Å². The molecule has 0 saturated carbocycles. The zero-order chi connectivity index (χ0) is 23.8. The highest BCUT2D eigenvalue weighted by molar-refractivity contribution is 9.10. The van der Waals surface area contributed by atoms with Gasteiger partial charge in [-0.3, -0.25) is 4.79 Å². The number of amides is 1. The van der Waals surface area contributed by atoms with Crippen LogP contribution in [0.15, 0.2) is 65.1 Å². The van der Waals surface area contributed by atoms with Crippen LogP contribution in [0.1, 0.15) is 30.5 Å². The lowest BCUT2D eigenvalue weighted by Crippen LogP contribution is -2.49. The fourth-order valence-corrected chi connectivity index (χ4v) is 5.26.